The van der Waals surface area contributed by atoms with Crippen LogP contribution in [0.25, 0.3) is 0 Å². The van der Waals surface area contributed by atoms with Crippen LogP contribution in [0.15, 0.2) is 10.4 Å². The van der Waals surface area contributed by atoms with Crippen molar-refractivity contribution < 1.29 is 0 Å². The van der Waals surface area contributed by atoms with Crippen molar-refractivity contribution in [2.75, 3.05) is 33.7 Å². The first-order valence-corrected chi connectivity index (χ1v) is 10.1. The molecule has 1 atom stereocenters. The third kappa shape index (κ3) is 7.38. The number of rotatable bonds is 7. The van der Waals surface area contributed by atoms with Gasteiger partial charge in [0.05, 0.1) is 17.2 Å². The molecule has 1 aromatic heterocycles. The molecule has 5 nitrogen and oxygen atoms in total. The van der Waals surface area contributed by atoms with E-state index in [1.54, 1.807) is 11.3 Å². The minimum absolute atomic E-state index is 0. The molecule has 2 rings (SSSR count). The molecule has 0 radical (unpaired) electrons. The standard InChI is InChI=1S/C18H33N5S.HI/c1-5-6-10-23-11-8-7-9-17(23)12-20-18(19-3)22(4)13-16-14-24-15(2)21-16;/h14,17H,5-13H2,1-4H3,(H,19,20);1H. The van der Waals surface area contributed by atoms with Gasteiger partial charge >= 0.3 is 0 Å². The van der Waals surface area contributed by atoms with E-state index in [0.29, 0.717) is 6.04 Å². The highest BCUT2D eigenvalue weighted by molar-refractivity contribution is 14.0. The number of guanidine groups is 1. The van der Waals surface area contributed by atoms with Crippen molar-refractivity contribution >= 4 is 41.3 Å². The van der Waals surface area contributed by atoms with Crippen LogP contribution in [0.3, 0.4) is 0 Å². The summed E-state index contributed by atoms with van der Waals surface area (Å²) >= 11 is 1.70. The molecule has 1 saturated heterocycles. The van der Waals surface area contributed by atoms with Crippen molar-refractivity contribution in [3.63, 3.8) is 0 Å². The van der Waals surface area contributed by atoms with E-state index in [1.165, 1.54) is 45.2 Å². The van der Waals surface area contributed by atoms with Gasteiger partial charge in [0.15, 0.2) is 5.96 Å². The fraction of sp³-hybridized carbons (Fsp3) is 0.778. The van der Waals surface area contributed by atoms with Crippen molar-refractivity contribution in [1.29, 1.82) is 0 Å². The Morgan fingerprint density at radius 1 is 1.48 bits per heavy atom. The summed E-state index contributed by atoms with van der Waals surface area (Å²) in [5.41, 5.74) is 1.12. The molecule has 0 spiro atoms. The maximum atomic E-state index is 4.55. The summed E-state index contributed by atoms with van der Waals surface area (Å²) in [7, 11) is 3.95. The Labute approximate surface area is 174 Å². The van der Waals surface area contributed by atoms with E-state index < -0.39 is 0 Å². The predicted molar refractivity (Wildman–Crippen MR) is 119 cm³/mol. The number of aryl methyl sites for hydroxylation is 1. The van der Waals surface area contributed by atoms with Crippen LogP contribution in [0, 0.1) is 6.92 Å². The summed E-state index contributed by atoms with van der Waals surface area (Å²) in [5, 5.41) is 6.83. The van der Waals surface area contributed by atoms with Gasteiger partial charge in [-0.1, -0.05) is 19.8 Å². The van der Waals surface area contributed by atoms with Crippen molar-refractivity contribution in [2.24, 2.45) is 4.99 Å². The predicted octanol–water partition coefficient (Wildman–Crippen LogP) is 3.73. The second-order valence-corrected chi connectivity index (χ2v) is 7.74. The Morgan fingerprint density at radius 3 is 2.92 bits per heavy atom. The molecular formula is C18H34IN5S. The minimum Gasteiger partial charge on any atom is -0.355 e. The lowest BCUT2D eigenvalue weighted by atomic mass is 10.0. The van der Waals surface area contributed by atoms with E-state index in [2.05, 4.69) is 51.4 Å². The van der Waals surface area contributed by atoms with Gasteiger partial charge in [0.1, 0.15) is 0 Å². The number of nitrogens with one attached hydrogen (secondary N) is 1. The fourth-order valence-electron chi connectivity index (χ4n) is 3.34. The zero-order valence-corrected chi connectivity index (χ0v) is 19.3. The summed E-state index contributed by atoms with van der Waals surface area (Å²) in [4.78, 5) is 13.8. The summed E-state index contributed by atoms with van der Waals surface area (Å²) in [6.07, 6.45) is 6.56. The lowest BCUT2D eigenvalue weighted by Gasteiger charge is -2.36. The Balaban J connectivity index is 0.00000312. The monoisotopic (exact) mass is 479 g/mol. The number of piperidine rings is 1. The van der Waals surface area contributed by atoms with Gasteiger partial charge in [-0.25, -0.2) is 4.98 Å². The van der Waals surface area contributed by atoms with Gasteiger partial charge in [-0.15, -0.1) is 35.3 Å². The van der Waals surface area contributed by atoms with E-state index in [0.717, 1.165) is 29.8 Å². The molecule has 0 aliphatic carbocycles. The van der Waals surface area contributed by atoms with E-state index in [1.807, 2.05) is 7.05 Å². The average molecular weight is 479 g/mol. The van der Waals surface area contributed by atoms with Crippen molar-refractivity contribution in [3.8, 4) is 0 Å². The Bertz CT molecular complexity index is 519. The zero-order valence-electron chi connectivity index (χ0n) is 16.1. The second kappa shape index (κ2) is 12.1. The van der Waals surface area contributed by atoms with Crippen LogP contribution in [0.5, 0.6) is 0 Å². The molecule has 0 bridgehead atoms. The summed E-state index contributed by atoms with van der Waals surface area (Å²) in [6, 6.07) is 0.636. The Kier molecular flexibility index (Phi) is 10.9. The van der Waals surface area contributed by atoms with Gasteiger partial charge in [0.25, 0.3) is 0 Å². The van der Waals surface area contributed by atoms with Crippen LogP contribution in [-0.2, 0) is 6.54 Å². The second-order valence-electron chi connectivity index (χ2n) is 6.68. The minimum atomic E-state index is 0. The summed E-state index contributed by atoms with van der Waals surface area (Å²) < 4.78 is 0. The van der Waals surface area contributed by atoms with Crippen molar-refractivity contribution in [3.05, 3.63) is 16.1 Å². The maximum absolute atomic E-state index is 4.55. The Hall–Kier alpha value is -0.410. The number of unbranched alkanes of at least 4 members (excludes halogenated alkanes) is 1. The number of hydrogen-bond donors (Lipinski definition) is 1. The SMILES string of the molecule is CCCCN1CCCCC1CNC(=NC)N(C)Cc1csc(C)n1.I. The van der Waals surface area contributed by atoms with Crippen LogP contribution < -0.4 is 5.32 Å². The molecule has 1 aliphatic rings. The number of likely N-dealkylation sites (tertiary alicyclic amines) is 1. The van der Waals surface area contributed by atoms with Crippen molar-refractivity contribution in [2.45, 2.75) is 58.5 Å². The molecule has 0 saturated carbocycles. The number of thiazole rings is 1. The topological polar surface area (TPSA) is 43.8 Å². The van der Waals surface area contributed by atoms with Gasteiger partial charge < -0.3 is 10.2 Å². The number of hydrogen-bond acceptors (Lipinski definition) is 4. The first-order valence-electron chi connectivity index (χ1n) is 9.20. The lowest BCUT2D eigenvalue weighted by molar-refractivity contribution is 0.146. The van der Waals surface area contributed by atoms with Gasteiger partial charge in [0.2, 0.25) is 0 Å². The van der Waals surface area contributed by atoms with Crippen LogP contribution >= 0.6 is 35.3 Å². The van der Waals surface area contributed by atoms with Crippen LogP contribution in [0.4, 0.5) is 0 Å². The van der Waals surface area contributed by atoms with Gasteiger partial charge in [-0.2, -0.15) is 0 Å². The van der Waals surface area contributed by atoms with E-state index in [4.69, 9.17) is 0 Å². The molecule has 0 aromatic carbocycles. The van der Waals surface area contributed by atoms with Crippen LogP contribution in [-0.4, -0.2) is 60.5 Å². The molecule has 1 unspecified atom stereocenters. The maximum Gasteiger partial charge on any atom is 0.193 e. The zero-order chi connectivity index (χ0) is 17.4. The first kappa shape index (κ1) is 22.6. The van der Waals surface area contributed by atoms with Crippen LogP contribution in [0.1, 0.15) is 49.7 Å². The molecule has 1 fully saturated rings. The highest BCUT2D eigenvalue weighted by Gasteiger charge is 2.22. The molecule has 1 aromatic rings. The van der Waals surface area contributed by atoms with Crippen LogP contribution in [0.2, 0.25) is 0 Å². The average Bonchev–Trinajstić information content (AvgIpc) is 2.99. The number of aliphatic imine (C=N–C) groups is 1. The van der Waals surface area contributed by atoms with Gasteiger partial charge in [0, 0.05) is 32.1 Å². The fourth-order valence-corrected chi connectivity index (χ4v) is 3.94. The summed E-state index contributed by atoms with van der Waals surface area (Å²) in [6.45, 7) is 8.59. The first-order chi connectivity index (χ1) is 11.6. The highest BCUT2D eigenvalue weighted by Crippen LogP contribution is 2.17. The Morgan fingerprint density at radius 2 is 2.28 bits per heavy atom. The molecule has 25 heavy (non-hydrogen) atoms. The largest absolute Gasteiger partial charge is 0.355 e. The van der Waals surface area contributed by atoms with E-state index >= 15 is 0 Å². The molecule has 1 aliphatic heterocycles. The highest BCUT2D eigenvalue weighted by atomic mass is 127. The number of aromatic nitrogens is 1. The molecule has 144 valence electrons. The molecule has 7 heteroatoms. The number of nitrogens with zero attached hydrogens (tertiary/aromatic N) is 4. The van der Waals surface area contributed by atoms with E-state index in [-0.39, 0.29) is 24.0 Å². The molecule has 2 heterocycles. The van der Waals surface area contributed by atoms with Gasteiger partial charge in [-0.05, 0) is 39.3 Å². The third-order valence-electron chi connectivity index (χ3n) is 4.68. The lowest BCUT2D eigenvalue weighted by Crippen LogP contribution is -2.49. The number of halogens is 1. The normalized spacial score (nSPS) is 18.7. The molecule has 0 amide bonds. The van der Waals surface area contributed by atoms with Crippen molar-refractivity contribution in [1.82, 2.24) is 20.1 Å². The smallest absolute Gasteiger partial charge is 0.193 e. The third-order valence-corrected chi connectivity index (χ3v) is 5.51. The molecule has 1 N–H and O–H groups in total. The molecular weight excluding hydrogens is 445 g/mol. The quantitative estimate of drug-likeness (QED) is 0.368. The van der Waals surface area contributed by atoms with Gasteiger partial charge in [-0.3, -0.25) is 9.89 Å². The van der Waals surface area contributed by atoms with E-state index in [9.17, 15) is 0 Å². The summed E-state index contributed by atoms with van der Waals surface area (Å²) in [5.74, 6) is 0.960.